The van der Waals surface area contributed by atoms with Crippen LogP contribution in [0.15, 0.2) is 66.0 Å². The Labute approximate surface area is 176 Å². The zero-order valence-corrected chi connectivity index (χ0v) is 17.5. The van der Waals surface area contributed by atoms with Crippen LogP contribution in [0.3, 0.4) is 0 Å². The fraction of sp³-hybridized carbons (Fsp3) is 0.292. The first-order valence-electron chi connectivity index (χ1n) is 10.0. The Morgan fingerprint density at radius 3 is 2.69 bits per heavy atom. The molecule has 2 heterocycles. The largest absolute Gasteiger partial charge is 0.496 e. The molecular weight excluding hydrogens is 380 g/mol. The number of methoxy groups -OCH3 is 1. The number of nitrogens with zero attached hydrogens (tertiary/aromatic N) is 1. The fourth-order valence-corrected chi connectivity index (χ4v) is 4.58. The third-order valence-electron chi connectivity index (χ3n) is 5.43. The summed E-state index contributed by atoms with van der Waals surface area (Å²) in [6, 6.07) is 20.2. The molecule has 3 aromatic rings. The molecule has 0 atom stereocenters. The van der Waals surface area contributed by atoms with Crippen LogP contribution in [0, 0.1) is 0 Å². The topological polar surface area (TPSA) is 41.6 Å². The summed E-state index contributed by atoms with van der Waals surface area (Å²) < 4.78 is 5.46. The van der Waals surface area contributed by atoms with Crippen LogP contribution < -0.4 is 10.1 Å². The second-order valence-electron chi connectivity index (χ2n) is 7.38. The van der Waals surface area contributed by atoms with E-state index < -0.39 is 0 Å². The van der Waals surface area contributed by atoms with Crippen molar-refractivity contribution in [1.29, 1.82) is 0 Å². The number of benzene rings is 2. The van der Waals surface area contributed by atoms with Crippen LogP contribution in [-0.4, -0.2) is 37.0 Å². The molecule has 1 aliphatic rings. The minimum atomic E-state index is -0.00143. The molecule has 0 bridgehead atoms. The van der Waals surface area contributed by atoms with Gasteiger partial charge in [-0.2, -0.15) is 0 Å². The molecule has 0 radical (unpaired) electrons. The SMILES string of the molecule is COc1ccccc1-c1cccc(C(=O)NC2CCN(Cc3cccs3)CC2)c1. The van der Waals surface area contributed by atoms with Gasteiger partial charge in [-0.05, 0) is 48.1 Å². The molecule has 0 unspecified atom stereocenters. The lowest BCUT2D eigenvalue weighted by molar-refractivity contribution is 0.0909. The van der Waals surface area contributed by atoms with Gasteiger partial charge in [0.15, 0.2) is 0 Å². The molecular formula is C24H26N2O2S. The summed E-state index contributed by atoms with van der Waals surface area (Å²) in [6.07, 6.45) is 1.98. The fourth-order valence-electron chi connectivity index (χ4n) is 3.84. The lowest BCUT2D eigenvalue weighted by Crippen LogP contribution is -2.44. The average Bonchev–Trinajstić information content (AvgIpc) is 3.28. The van der Waals surface area contributed by atoms with E-state index in [-0.39, 0.29) is 11.9 Å². The third kappa shape index (κ3) is 4.86. The molecule has 1 saturated heterocycles. The second kappa shape index (κ2) is 9.25. The highest BCUT2D eigenvalue weighted by Gasteiger charge is 2.21. The van der Waals surface area contributed by atoms with Gasteiger partial charge in [0.25, 0.3) is 5.91 Å². The Hall–Kier alpha value is -2.63. The summed E-state index contributed by atoms with van der Waals surface area (Å²) in [5.41, 5.74) is 2.67. The van der Waals surface area contributed by atoms with E-state index in [2.05, 4.69) is 27.7 Å². The van der Waals surface area contributed by atoms with E-state index >= 15 is 0 Å². The molecule has 2 aromatic carbocycles. The highest BCUT2D eigenvalue weighted by Crippen LogP contribution is 2.30. The van der Waals surface area contributed by atoms with Gasteiger partial charge in [0.1, 0.15) is 5.75 Å². The summed E-state index contributed by atoms with van der Waals surface area (Å²) in [5, 5.41) is 5.35. The number of likely N-dealkylation sites (tertiary alicyclic amines) is 1. The molecule has 5 heteroatoms. The predicted octanol–water partition coefficient (Wildman–Crippen LogP) is 4.82. The van der Waals surface area contributed by atoms with Gasteiger partial charge < -0.3 is 10.1 Å². The number of thiophene rings is 1. The van der Waals surface area contributed by atoms with E-state index in [1.807, 2.05) is 59.9 Å². The maximum absolute atomic E-state index is 12.8. The van der Waals surface area contributed by atoms with Crippen molar-refractivity contribution in [3.8, 4) is 16.9 Å². The van der Waals surface area contributed by atoms with Crippen LogP contribution in [0.5, 0.6) is 5.75 Å². The molecule has 1 aromatic heterocycles. The molecule has 4 rings (SSSR count). The number of rotatable bonds is 6. The Bertz CT molecular complexity index is 947. The molecule has 1 fully saturated rings. The van der Waals surface area contributed by atoms with Crippen molar-refractivity contribution in [2.45, 2.75) is 25.4 Å². The van der Waals surface area contributed by atoms with Gasteiger partial charge in [-0.25, -0.2) is 0 Å². The summed E-state index contributed by atoms with van der Waals surface area (Å²) >= 11 is 1.81. The van der Waals surface area contributed by atoms with Crippen molar-refractivity contribution in [3.63, 3.8) is 0 Å². The molecule has 1 aliphatic heterocycles. The van der Waals surface area contributed by atoms with Crippen molar-refractivity contribution in [1.82, 2.24) is 10.2 Å². The molecule has 0 saturated carbocycles. The van der Waals surface area contributed by atoms with Gasteiger partial charge in [-0.15, -0.1) is 11.3 Å². The molecule has 4 nitrogen and oxygen atoms in total. The maximum Gasteiger partial charge on any atom is 0.251 e. The van der Waals surface area contributed by atoms with Crippen LogP contribution in [0.25, 0.3) is 11.1 Å². The summed E-state index contributed by atoms with van der Waals surface area (Å²) in [4.78, 5) is 16.7. The number of carbonyl (C=O) groups excluding carboxylic acids is 1. The Balaban J connectivity index is 1.37. The van der Waals surface area contributed by atoms with Gasteiger partial charge in [0.05, 0.1) is 7.11 Å². The Morgan fingerprint density at radius 2 is 1.93 bits per heavy atom. The summed E-state index contributed by atoms with van der Waals surface area (Å²) in [5.74, 6) is 0.807. The number of nitrogens with one attached hydrogen (secondary N) is 1. The quantitative estimate of drug-likeness (QED) is 0.638. The number of amides is 1. The number of ether oxygens (including phenoxy) is 1. The lowest BCUT2D eigenvalue weighted by atomic mass is 10.0. The first-order valence-corrected chi connectivity index (χ1v) is 10.9. The first-order chi connectivity index (χ1) is 14.2. The number of piperidine rings is 1. The minimum Gasteiger partial charge on any atom is -0.496 e. The molecule has 0 aliphatic carbocycles. The molecule has 1 N–H and O–H groups in total. The molecule has 0 spiro atoms. The van der Waals surface area contributed by atoms with Gasteiger partial charge in [-0.3, -0.25) is 9.69 Å². The van der Waals surface area contributed by atoms with Crippen molar-refractivity contribution in [3.05, 3.63) is 76.5 Å². The highest BCUT2D eigenvalue weighted by molar-refractivity contribution is 7.09. The zero-order chi connectivity index (χ0) is 20.1. The monoisotopic (exact) mass is 406 g/mol. The van der Waals surface area contributed by atoms with E-state index in [4.69, 9.17) is 4.74 Å². The Morgan fingerprint density at radius 1 is 1.10 bits per heavy atom. The normalized spacial score (nSPS) is 15.2. The number of carbonyl (C=O) groups is 1. The van der Waals surface area contributed by atoms with Crippen LogP contribution in [0.2, 0.25) is 0 Å². The third-order valence-corrected chi connectivity index (χ3v) is 6.29. The van der Waals surface area contributed by atoms with E-state index in [0.717, 1.165) is 49.4 Å². The lowest BCUT2D eigenvalue weighted by Gasteiger charge is -2.32. The van der Waals surface area contributed by atoms with Gasteiger partial charge in [0, 0.05) is 41.7 Å². The van der Waals surface area contributed by atoms with E-state index in [0.29, 0.717) is 5.56 Å². The predicted molar refractivity (Wildman–Crippen MR) is 119 cm³/mol. The van der Waals surface area contributed by atoms with Crippen molar-refractivity contribution >= 4 is 17.2 Å². The number of hydrogen-bond acceptors (Lipinski definition) is 4. The molecule has 29 heavy (non-hydrogen) atoms. The molecule has 1 amide bonds. The first kappa shape index (κ1) is 19.7. The summed E-state index contributed by atoms with van der Waals surface area (Å²) in [7, 11) is 1.67. The minimum absolute atomic E-state index is 0.00143. The second-order valence-corrected chi connectivity index (χ2v) is 8.42. The van der Waals surface area contributed by atoms with Gasteiger partial charge in [0.2, 0.25) is 0 Å². The Kier molecular flexibility index (Phi) is 6.27. The van der Waals surface area contributed by atoms with E-state index in [9.17, 15) is 4.79 Å². The maximum atomic E-state index is 12.8. The number of hydrogen-bond donors (Lipinski definition) is 1. The zero-order valence-electron chi connectivity index (χ0n) is 16.6. The van der Waals surface area contributed by atoms with Gasteiger partial charge >= 0.3 is 0 Å². The number of para-hydroxylation sites is 1. The van der Waals surface area contributed by atoms with Crippen LogP contribution in [-0.2, 0) is 6.54 Å². The van der Waals surface area contributed by atoms with Crippen molar-refractivity contribution < 1.29 is 9.53 Å². The standard InChI is InChI=1S/C24H26N2O2S/c1-28-23-10-3-2-9-22(23)18-6-4-7-19(16-18)24(27)25-20-11-13-26(14-12-20)17-21-8-5-15-29-21/h2-10,15-16,20H,11-14,17H2,1H3,(H,25,27). The van der Waals surface area contributed by atoms with Gasteiger partial charge in [-0.1, -0.05) is 36.4 Å². The molecule has 150 valence electrons. The van der Waals surface area contributed by atoms with Crippen molar-refractivity contribution in [2.24, 2.45) is 0 Å². The van der Waals surface area contributed by atoms with E-state index in [1.54, 1.807) is 7.11 Å². The van der Waals surface area contributed by atoms with Crippen molar-refractivity contribution in [2.75, 3.05) is 20.2 Å². The highest BCUT2D eigenvalue weighted by atomic mass is 32.1. The van der Waals surface area contributed by atoms with Crippen LogP contribution in [0.4, 0.5) is 0 Å². The van der Waals surface area contributed by atoms with Crippen LogP contribution in [0.1, 0.15) is 28.1 Å². The smallest absolute Gasteiger partial charge is 0.251 e. The van der Waals surface area contributed by atoms with E-state index in [1.165, 1.54) is 4.88 Å². The summed E-state index contributed by atoms with van der Waals surface area (Å²) in [6.45, 7) is 3.05. The van der Waals surface area contributed by atoms with Crippen LogP contribution >= 0.6 is 11.3 Å². The average molecular weight is 407 g/mol.